The second-order valence-corrected chi connectivity index (χ2v) is 5.45. The monoisotopic (exact) mass is 269 g/mol. The molecular weight excluding hydrogens is 250 g/mol. The minimum absolute atomic E-state index is 0.241. The van der Waals surface area contributed by atoms with E-state index in [1.165, 1.54) is 11.3 Å². The zero-order chi connectivity index (χ0) is 14.1. The summed E-state index contributed by atoms with van der Waals surface area (Å²) in [4.78, 5) is 2.24. The van der Waals surface area contributed by atoms with Gasteiger partial charge in [0.15, 0.2) is 0 Å². The Bertz CT molecular complexity index is 624. The lowest BCUT2D eigenvalue weighted by Gasteiger charge is -2.15. The summed E-state index contributed by atoms with van der Waals surface area (Å²) in [6.07, 6.45) is 1.02. The topological polar surface area (TPSA) is 43.7 Å². The number of aromatic hydroxyl groups is 1. The Morgan fingerprint density at radius 2 is 2.05 bits per heavy atom. The first kappa shape index (κ1) is 13.0. The molecule has 0 saturated heterocycles. The lowest BCUT2D eigenvalue weighted by molar-refractivity contribution is 0.178. The number of phenols is 1. The van der Waals surface area contributed by atoms with Crippen molar-refractivity contribution in [3.63, 3.8) is 0 Å². The molecule has 0 aliphatic carbocycles. The molecule has 0 amide bonds. The van der Waals surface area contributed by atoms with Crippen molar-refractivity contribution in [3.05, 3.63) is 59.2 Å². The highest BCUT2D eigenvalue weighted by Gasteiger charge is 2.18. The molecular formula is C17H19NO2. The third-order valence-electron chi connectivity index (χ3n) is 3.96. The van der Waals surface area contributed by atoms with Crippen molar-refractivity contribution in [2.45, 2.75) is 18.9 Å². The molecule has 20 heavy (non-hydrogen) atoms. The van der Waals surface area contributed by atoms with Gasteiger partial charge in [-0.2, -0.15) is 0 Å². The molecule has 1 heterocycles. The van der Waals surface area contributed by atoms with Crippen molar-refractivity contribution >= 4 is 5.69 Å². The molecule has 3 heteroatoms. The summed E-state index contributed by atoms with van der Waals surface area (Å²) in [6, 6.07) is 13.2. The highest BCUT2D eigenvalue weighted by molar-refractivity contribution is 5.58. The van der Waals surface area contributed by atoms with Crippen LogP contribution in [-0.4, -0.2) is 23.8 Å². The standard InChI is InChI=1S/C17H19NO2/c1-18-8-7-13-11-14(5-6-16(13)18)17(20)10-12-3-2-4-15(19)9-12/h2-6,9,11,17,19-20H,7-8,10H2,1H3. The first-order valence-corrected chi connectivity index (χ1v) is 6.93. The van der Waals surface area contributed by atoms with Gasteiger partial charge in [-0.15, -0.1) is 0 Å². The van der Waals surface area contributed by atoms with Gasteiger partial charge in [-0.05, 0) is 41.3 Å². The number of anilines is 1. The van der Waals surface area contributed by atoms with E-state index in [4.69, 9.17) is 0 Å². The van der Waals surface area contributed by atoms with Crippen LogP contribution in [0.25, 0.3) is 0 Å². The number of benzene rings is 2. The van der Waals surface area contributed by atoms with Crippen LogP contribution >= 0.6 is 0 Å². The maximum atomic E-state index is 10.4. The average Bonchev–Trinajstić information content (AvgIpc) is 2.80. The molecule has 1 aliphatic rings. The molecule has 3 nitrogen and oxygen atoms in total. The van der Waals surface area contributed by atoms with Crippen LogP contribution in [0.2, 0.25) is 0 Å². The Balaban J connectivity index is 1.79. The number of aliphatic hydroxyl groups is 1. The van der Waals surface area contributed by atoms with Crippen molar-refractivity contribution in [3.8, 4) is 5.75 Å². The van der Waals surface area contributed by atoms with Gasteiger partial charge in [0.2, 0.25) is 0 Å². The van der Waals surface area contributed by atoms with E-state index < -0.39 is 6.10 Å². The van der Waals surface area contributed by atoms with E-state index in [9.17, 15) is 10.2 Å². The van der Waals surface area contributed by atoms with Crippen LogP contribution < -0.4 is 4.90 Å². The minimum atomic E-state index is -0.534. The first-order valence-electron chi connectivity index (χ1n) is 6.93. The van der Waals surface area contributed by atoms with Crippen molar-refractivity contribution in [1.29, 1.82) is 0 Å². The summed E-state index contributed by atoms with van der Waals surface area (Å²) in [5.74, 6) is 0.241. The molecule has 2 aromatic rings. The van der Waals surface area contributed by atoms with Crippen molar-refractivity contribution in [2.24, 2.45) is 0 Å². The summed E-state index contributed by atoms with van der Waals surface area (Å²) in [7, 11) is 2.09. The molecule has 2 N–H and O–H groups in total. The van der Waals surface area contributed by atoms with Crippen LogP contribution in [0.4, 0.5) is 5.69 Å². The summed E-state index contributed by atoms with van der Waals surface area (Å²) >= 11 is 0. The lowest BCUT2D eigenvalue weighted by atomic mass is 9.99. The quantitative estimate of drug-likeness (QED) is 0.900. The Hall–Kier alpha value is -2.00. The highest BCUT2D eigenvalue weighted by Crippen LogP contribution is 2.30. The van der Waals surface area contributed by atoms with Crippen molar-refractivity contribution < 1.29 is 10.2 Å². The van der Waals surface area contributed by atoms with Gasteiger partial charge in [0, 0.05) is 25.7 Å². The fourth-order valence-corrected chi connectivity index (χ4v) is 2.82. The largest absolute Gasteiger partial charge is 0.508 e. The predicted octanol–water partition coefficient (Wildman–Crippen LogP) is 2.66. The van der Waals surface area contributed by atoms with E-state index in [1.54, 1.807) is 18.2 Å². The summed E-state index contributed by atoms with van der Waals surface area (Å²) < 4.78 is 0. The Morgan fingerprint density at radius 3 is 2.85 bits per heavy atom. The number of hydrogen-bond acceptors (Lipinski definition) is 3. The SMILES string of the molecule is CN1CCc2cc(C(O)Cc3cccc(O)c3)ccc21. The first-order chi connectivity index (χ1) is 9.63. The van der Waals surface area contributed by atoms with Gasteiger partial charge in [0.05, 0.1) is 6.10 Å². The van der Waals surface area contributed by atoms with Crippen LogP contribution in [-0.2, 0) is 12.8 Å². The van der Waals surface area contributed by atoms with Crippen LogP contribution in [0.1, 0.15) is 22.8 Å². The average molecular weight is 269 g/mol. The second kappa shape index (κ2) is 5.17. The van der Waals surface area contributed by atoms with Gasteiger partial charge in [-0.25, -0.2) is 0 Å². The van der Waals surface area contributed by atoms with Crippen LogP contribution in [0.15, 0.2) is 42.5 Å². The fourth-order valence-electron chi connectivity index (χ4n) is 2.82. The van der Waals surface area contributed by atoms with Gasteiger partial charge in [0.1, 0.15) is 5.75 Å². The van der Waals surface area contributed by atoms with E-state index in [-0.39, 0.29) is 5.75 Å². The fraction of sp³-hybridized carbons (Fsp3) is 0.294. The molecule has 0 aromatic heterocycles. The molecule has 1 atom stereocenters. The number of rotatable bonds is 3. The Kier molecular flexibility index (Phi) is 3.36. The molecule has 1 aliphatic heterocycles. The molecule has 0 radical (unpaired) electrons. The van der Waals surface area contributed by atoms with E-state index in [0.717, 1.165) is 24.1 Å². The third kappa shape index (κ3) is 2.49. The predicted molar refractivity (Wildman–Crippen MR) is 80.2 cm³/mol. The van der Waals surface area contributed by atoms with E-state index in [0.29, 0.717) is 6.42 Å². The van der Waals surface area contributed by atoms with Crippen LogP contribution in [0.3, 0.4) is 0 Å². The number of aliphatic hydroxyl groups excluding tert-OH is 1. The zero-order valence-corrected chi connectivity index (χ0v) is 11.6. The minimum Gasteiger partial charge on any atom is -0.508 e. The lowest BCUT2D eigenvalue weighted by Crippen LogP contribution is -2.12. The molecule has 0 bridgehead atoms. The Labute approximate surface area is 119 Å². The van der Waals surface area contributed by atoms with Gasteiger partial charge >= 0.3 is 0 Å². The van der Waals surface area contributed by atoms with Gasteiger partial charge in [0.25, 0.3) is 0 Å². The van der Waals surface area contributed by atoms with Crippen LogP contribution in [0.5, 0.6) is 5.75 Å². The third-order valence-corrected chi connectivity index (χ3v) is 3.96. The molecule has 0 fully saturated rings. The van der Waals surface area contributed by atoms with Crippen LogP contribution in [0, 0.1) is 0 Å². The van der Waals surface area contributed by atoms with E-state index >= 15 is 0 Å². The van der Waals surface area contributed by atoms with E-state index in [2.05, 4.69) is 24.1 Å². The smallest absolute Gasteiger partial charge is 0.115 e. The number of hydrogen-bond donors (Lipinski definition) is 2. The van der Waals surface area contributed by atoms with Gasteiger partial charge in [-0.1, -0.05) is 24.3 Å². The second-order valence-electron chi connectivity index (χ2n) is 5.45. The zero-order valence-electron chi connectivity index (χ0n) is 11.6. The maximum Gasteiger partial charge on any atom is 0.115 e. The molecule has 0 saturated carbocycles. The number of fused-ring (bicyclic) bond motifs is 1. The highest BCUT2D eigenvalue weighted by atomic mass is 16.3. The van der Waals surface area contributed by atoms with Crippen molar-refractivity contribution in [1.82, 2.24) is 0 Å². The molecule has 2 aromatic carbocycles. The summed E-state index contributed by atoms with van der Waals surface area (Å²) in [6.45, 7) is 1.04. The number of nitrogens with zero attached hydrogens (tertiary/aromatic N) is 1. The summed E-state index contributed by atoms with van der Waals surface area (Å²) in [5.41, 5.74) is 4.45. The molecule has 1 unspecified atom stereocenters. The van der Waals surface area contributed by atoms with Gasteiger partial charge in [-0.3, -0.25) is 0 Å². The molecule has 0 spiro atoms. The summed E-state index contributed by atoms with van der Waals surface area (Å²) in [5, 5.41) is 19.8. The van der Waals surface area contributed by atoms with Crippen molar-refractivity contribution in [2.75, 3.05) is 18.5 Å². The van der Waals surface area contributed by atoms with E-state index in [1.807, 2.05) is 12.1 Å². The normalized spacial score (nSPS) is 15.2. The number of phenolic OH excluding ortho intramolecular Hbond substituents is 1. The molecule has 3 rings (SSSR count). The van der Waals surface area contributed by atoms with Gasteiger partial charge < -0.3 is 15.1 Å². The maximum absolute atomic E-state index is 10.4. The Morgan fingerprint density at radius 1 is 1.20 bits per heavy atom. The number of likely N-dealkylation sites (N-methyl/N-ethyl adjacent to an activating group) is 1. The molecule has 104 valence electrons.